The number of ether oxygens (including phenoxy) is 1. The fourth-order valence-corrected chi connectivity index (χ4v) is 1.35. The normalized spacial score (nSPS) is 13.3. The maximum absolute atomic E-state index is 11.6. The molecule has 0 amide bonds. The lowest BCUT2D eigenvalue weighted by Crippen LogP contribution is -2.41. The van der Waals surface area contributed by atoms with E-state index in [1.165, 1.54) is 0 Å². The average Bonchev–Trinajstić information content (AvgIpc) is 1.96. The molecule has 14 heavy (non-hydrogen) atoms. The Kier molecular flexibility index (Phi) is 5.78. The summed E-state index contributed by atoms with van der Waals surface area (Å²) in [4.78, 5) is 0. The first-order valence-electron chi connectivity index (χ1n) is 4.28. The number of nitrogens with one attached hydrogen (secondary N) is 1. The first-order chi connectivity index (χ1) is 6.27. The molecule has 0 aliphatic carbocycles. The van der Waals surface area contributed by atoms with Gasteiger partial charge in [0.2, 0.25) is 0 Å². The van der Waals surface area contributed by atoms with Crippen molar-refractivity contribution in [2.75, 3.05) is 19.0 Å². The maximum Gasteiger partial charge on any atom is 0.522 e. The van der Waals surface area contributed by atoms with Gasteiger partial charge in [0.25, 0.3) is 0 Å². The minimum atomic E-state index is -4.54. The van der Waals surface area contributed by atoms with E-state index in [0.717, 1.165) is 0 Å². The number of alkyl halides is 4. The van der Waals surface area contributed by atoms with Crippen molar-refractivity contribution in [1.29, 1.82) is 0 Å². The van der Waals surface area contributed by atoms with Gasteiger partial charge >= 0.3 is 6.36 Å². The van der Waals surface area contributed by atoms with Gasteiger partial charge in [-0.2, -0.15) is 0 Å². The quantitative estimate of drug-likeness (QED) is 0.562. The molecule has 0 fully saturated rings. The number of hydrogen-bond acceptors (Lipinski definition) is 2. The fourth-order valence-electron chi connectivity index (χ4n) is 0.881. The highest BCUT2D eigenvalue weighted by atomic mass is 35.5. The van der Waals surface area contributed by atoms with Gasteiger partial charge in [0.05, 0.1) is 6.61 Å². The van der Waals surface area contributed by atoms with Crippen molar-refractivity contribution >= 4 is 11.6 Å². The van der Waals surface area contributed by atoms with E-state index in [1.807, 2.05) is 13.8 Å². The van der Waals surface area contributed by atoms with E-state index < -0.39 is 6.36 Å². The summed E-state index contributed by atoms with van der Waals surface area (Å²) >= 11 is 5.52. The molecule has 0 aromatic heterocycles. The predicted molar refractivity (Wildman–Crippen MR) is 49.4 cm³/mol. The SMILES string of the molecule is CC(C)(CCCl)NCCOC(F)(F)F. The van der Waals surface area contributed by atoms with Crippen molar-refractivity contribution < 1.29 is 17.9 Å². The standard InChI is InChI=1S/C8H15ClF3NO/c1-7(2,3-4-9)13-5-6-14-8(10,11)12/h13H,3-6H2,1-2H3. The Bertz CT molecular complexity index is 161. The van der Waals surface area contributed by atoms with Crippen LogP contribution in [-0.4, -0.2) is 30.9 Å². The molecule has 0 bridgehead atoms. The molecule has 0 rings (SSSR count). The van der Waals surface area contributed by atoms with Crippen LogP contribution >= 0.6 is 11.6 Å². The van der Waals surface area contributed by atoms with Gasteiger partial charge in [-0.05, 0) is 20.3 Å². The Balaban J connectivity index is 3.54. The molecule has 0 saturated heterocycles. The molecular formula is C8H15ClF3NO. The monoisotopic (exact) mass is 233 g/mol. The summed E-state index contributed by atoms with van der Waals surface area (Å²) in [6, 6.07) is 0. The van der Waals surface area contributed by atoms with Gasteiger partial charge in [0.1, 0.15) is 0 Å². The fraction of sp³-hybridized carbons (Fsp3) is 1.00. The van der Waals surface area contributed by atoms with Gasteiger partial charge in [-0.25, -0.2) is 0 Å². The highest BCUT2D eigenvalue weighted by Crippen LogP contribution is 2.15. The van der Waals surface area contributed by atoms with Crippen LogP contribution in [0.15, 0.2) is 0 Å². The molecule has 0 aliphatic rings. The Labute approximate surface area is 86.8 Å². The first-order valence-corrected chi connectivity index (χ1v) is 4.82. The van der Waals surface area contributed by atoms with Crippen molar-refractivity contribution in [3.8, 4) is 0 Å². The molecule has 86 valence electrons. The Morgan fingerprint density at radius 1 is 1.29 bits per heavy atom. The lowest BCUT2D eigenvalue weighted by atomic mass is 10.0. The van der Waals surface area contributed by atoms with Crippen LogP contribution in [0.1, 0.15) is 20.3 Å². The van der Waals surface area contributed by atoms with E-state index in [4.69, 9.17) is 11.6 Å². The minimum absolute atomic E-state index is 0.156. The highest BCUT2D eigenvalue weighted by molar-refractivity contribution is 6.17. The molecule has 0 radical (unpaired) electrons. The second-order valence-corrected chi connectivity index (χ2v) is 3.92. The van der Waals surface area contributed by atoms with Crippen LogP contribution in [0.2, 0.25) is 0 Å². The third-order valence-corrected chi connectivity index (χ3v) is 1.88. The third-order valence-electron chi connectivity index (χ3n) is 1.69. The molecule has 1 N–H and O–H groups in total. The minimum Gasteiger partial charge on any atom is -0.309 e. The van der Waals surface area contributed by atoms with Crippen LogP contribution in [0.25, 0.3) is 0 Å². The van der Waals surface area contributed by atoms with Crippen LogP contribution in [0.3, 0.4) is 0 Å². The van der Waals surface area contributed by atoms with Crippen molar-refractivity contribution in [3.63, 3.8) is 0 Å². The van der Waals surface area contributed by atoms with Crippen molar-refractivity contribution in [3.05, 3.63) is 0 Å². The van der Waals surface area contributed by atoms with Crippen molar-refractivity contribution in [1.82, 2.24) is 5.32 Å². The van der Waals surface area contributed by atoms with Crippen LogP contribution in [0, 0.1) is 0 Å². The number of rotatable bonds is 6. The summed E-state index contributed by atoms with van der Waals surface area (Å²) in [5, 5.41) is 2.92. The first kappa shape index (κ1) is 14.0. The van der Waals surface area contributed by atoms with Crippen LogP contribution in [-0.2, 0) is 4.74 Å². The highest BCUT2D eigenvalue weighted by Gasteiger charge is 2.28. The van der Waals surface area contributed by atoms with Crippen molar-refractivity contribution in [2.45, 2.75) is 32.2 Å². The zero-order valence-corrected chi connectivity index (χ0v) is 9.00. The van der Waals surface area contributed by atoms with E-state index in [1.54, 1.807) is 0 Å². The van der Waals surface area contributed by atoms with Crippen molar-refractivity contribution in [2.24, 2.45) is 0 Å². The van der Waals surface area contributed by atoms with Gasteiger partial charge in [0, 0.05) is 18.0 Å². The molecule has 2 nitrogen and oxygen atoms in total. The molecule has 0 saturated carbocycles. The molecule has 0 heterocycles. The maximum atomic E-state index is 11.6. The van der Waals surface area contributed by atoms with Crippen LogP contribution < -0.4 is 5.32 Å². The van der Waals surface area contributed by atoms with E-state index in [0.29, 0.717) is 12.3 Å². The topological polar surface area (TPSA) is 21.3 Å². The van der Waals surface area contributed by atoms with Crippen LogP contribution in [0.4, 0.5) is 13.2 Å². The molecule has 0 spiro atoms. The zero-order chi connectivity index (χ0) is 11.2. The second kappa shape index (κ2) is 5.78. The van der Waals surface area contributed by atoms with Gasteiger partial charge in [-0.15, -0.1) is 24.8 Å². The van der Waals surface area contributed by atoms with Gasteiger partial charge in [-0.1, -0.05) is 0 Å². The molecule has 0 aromatic carbocycles. The molecular weight excluding hydrogens is 219 g/mol. The second-order valence-electron chi connectivity index (χ2n) is 3.54. The third kappa shape index (κ3) is 8.59. The summed E-state index contributed by atoms with van der Waals surface area (Å²) in [5.74, 6) is 0.472. The Morgan fingerprint density at radius 3 is 2.29 bits per heavy atom. The van der Waals surface area contributed by atoms with Gasteiger partial charge in [-0.3, -0.25) is 4.74 Å². The van der Waals surface area contributed by atoms with E-state index >= 15 is 0 Å². The molecule has 0 unspecified atom stereocenters. The van der Waals surface area contributed by atoms with Gasteiger partial charge in [0.15, 0.2) is 0 Å². The lowest BCUT2D eigenvalue weighted by molar-refractivity contribution is -0.323. The van der Waals surface area contributed by atoms with E-state index in [2.05, 4.69) is 10.1 Å². The van der Waals surface area contributed by atoms with E-state index in [-0.39, 0.29) is 18.7 Å². The smallest absolute Gasteiger partial charge is 0.309 e. The molecule has 0 atom stereocenters. The summed E-state index contributed by atoms with van der Waals surface area (Å²) in [6.45, 7) is 3.53. The summed E-state index contributed by atoms with van der Waals surface area (Å²) in [5.41, 5.74) is -0.253. The Morgan fingerprint density at radius 2 is 1.86 bits per heavy atom. The molecule has 0 aromatic rings. The summed E-state index contributed by atoms with van der Waals surface area (Å²) in [7, 11) is 0. The van der Waals surface area contributed by atoms with E-state index in [9.17, 15) is 13.2 Å². The van der Waals surface area contributed by atoms with Gasteiger partial charge < -0.3 is 5.32 Å². The number of halogens is 4. The largest absolute Gasteiger partial charge is 0.522 e. The molecule has 0 aliphatic heterocycles. The van der Waals surface area contributed by atoms with Crippen LogP contribution in [0.5, 0.6) is 0 Å². The molecule has 6 heteroatoms. The Hall–Kier alpha value is -0.0000000000000000555. The zero-order valence-electron chi connectivity index (χ0n) is 8.25. The predicted octanol–water partition coefficient (Wildman–Crippen LogP) is 2.52. The number of hydrogen-bond donors (Lipinski definition) is 1. The summed E-state index contributed by atoms with van der Waals surface area (Å²) < 4.78 is 38.3. The average molecular weight is 234 g/mol. The lowest BCUT2D eigenvalue weighted by Gasteiger charge is -2.25. The summed E-state index contributed by atoms with van der Waals surface area (Å²) in [6.07, 6.45) is -3.85.